The minimum absolute atomic E-state index is 0.0127. The topological polar surface area (TPSA) is 17.1 Å². The van der Waals surface area contributed by atoms with Gasteiger partial charge in [0.25, 0.3) is 0 Å². The molecule has 0 saturated heterocycles. The number of carbonyl (C=O) groups excluding carboxylic acids is 1. The molecule has 2 rings (SSSR count). The maximum Gasteiger partial charge on any atom is 0.186 e. The van der Waals surface area contributed by atoms with Crippen LogP contribution in [0.5, 0.6) is 0 Å². The first-order valence-corrected chi connectivity index (χ1v) is 6.50. The Hall–Kier alpha value is -1.19. The van der Waals surface area contributed by atoms with Crippen molar-refractivity contribution in [1.82, 2.24) is 0 Å². The Balaban J connectivity index is 2.18. The van der Waals surface area contributed by atoms with Crippen LogP contribution in [0.15, 0.2) is 51.6 Å². The molecule has 1 nitrogen and oxygen atoms in total. The lowest BCUT2D eigenvalue weighted by molar-refractivity contribution is 0.104. The predicted octanol–water partition coefficient (Wildman–Crippen LogP) is 4.41. The lowest BCUT2D eigenvalue weighted by Gasteiger charge is -1.98. The molecule has 1 aromatic carbocycles. The van der Waals surface area contributed by atoms with E-state index in [-0.39, 0.29) is 5.78 Å². The third-order valence-corrected chi connectivity index (χ3v) is 3.50. The average Bonchev–Trinajstić information content (AvgIpc) is 2.79. The average molecular weight is 293 g/mol. The smallest absolute Gasteiger partial charge is 0.186 e. The van der Waals surface area contributed by atoms with Crippen molar-refractivity contribution >= 4 is 39.1 Å². The summed E-state index contributed by atoms with van der Waals surface area (Å²) in [5.41, 5.74) is 1.75. The zero-order valence-corrected chi connectivity index (χ0v) is 10.8. The van der Waals surface area contributed by atoms with Crippen molar-refractivity contribution in [2.75, 3.05) is 0 Å². The van der Waals surface area contributed by atoms with Crippen LogP contribution in [-0.2, 0) is 0 Å². The van der Waals surface area contributed by atoms with Gasteiger partial charge < -0.3 is 0 Å². The van der Waals surface area contributed by atoms with Crippen LogP contribution < -0.4 is 0 Å². The Morgan fingerprint density at radius 1 is 1.25 bits per heavy atom. The summed E-state index contributed by atoms with van der Waals surface area (Å²) in [6.07, 6.45) is 3.43. The van der Waals surface area contributed by atoms with E-state index in [1.165, 1.54) is 0 Å². The molecule has 0 aliphatic carbocycles. The maximum absolute atomic E-state index is 11.8. The van der Waals surface area contributed by atoms with E-state index >= 15 is 0 Å². The van der Waals surface area contributed by atoms with Gasteiger partial charge in [0.1, 0.15) is 0 Å². The van der Waals surface area contributed by atoms with Crippen LogP contribution in [0.3, 0.4) is 0 Å². The summed E-state index contributed by atoms with van der Waals surface area (Å²) >= 11 is 4.98. The molecule has 0 saturated carbocycles. The zero-order valence-electron chi connectivity index (χ0n) is 8.39. The number of ketones is 1. The van der Waals surface area contributed by atoms with Crippen LogP contribution in [0.25, 0.3) is 6.08 Å². The summed E-state index contributed by atoms with van der Waals surface area (Å²) in [5, 5.41) is 3.99. The first kappa shape index (κ1) is 11.3. The van der Waals surface area contributed by atoms with Gasteiger partial charge in [-0.05, 0) is 40.6 Å². The highest BCUT2D eigenvalue weighted by molar-refractivity contribution is 9.10. The fourth-order valence-electron chi connectivity index (χ4n) is 1.29. The Morgan fingerprint density at radius 3 is 2.75 bits per heavy atom. The van der Waals surface area contributed by atoms with E-state index in [0.717, 1.165) is 10.0 Å². The zero-order chi connectivity index (χ0) is 11.4. The molecule has 0 unspecified atom stereocenters. The summed E-state index contributed by atoms with van der Waals surface area (Å²) in [5.74, 6) is 0.0127. The van der Waals surface area contributed by atoms with E-state index in [0.29, 0.717) is 5.56 Å². The Kier molecular flexibility index (Phi) is 3.70. The molecule has 0 atom stereocenters. The van der Waals surface area contributed by atoms with Gasteiger partial charge in [0.05, 0.1) is 0 Å². The quantitative estimate of drug-likeness (QED) is 0.605. The van der Waals surface area contributed by atoms with Gasteiger partial charge in [-0.3, -0.25) is 4.79 Å². The van der Waals surface area contributed by atoms with Gasteiger partial charge in [-0.25, -0.2) is 0 Å². The SMILES string of the molecule is O=C(/C=C/c1ccsc1)c1ccccc1Br. The molecule has 0 fully saturated rings. The van der Waals surface area contributed by atoms with Crippen LogP contribution in [0.2, 0.25) is 0 Å². The largest absolute Gasteiger partial charge is 0.289 e. The fourth-order valence-corrected chi connectivity index (χ4v) is 2.40. The molecule has 2 aromatic rings. The molecule has 0 amide bonds. The number of allylic oxidation sites excluding steroid dienone is 1. The molecule has 80 valence electrons. The van der Waals surface area contributed by atoms with E-state index in [1.54, 1.807) is 17.4 Å². The van der Waals surface area contributed by atoms with Gasteiger partial charge in [-0.1, -0.05) is 34.1 Å². The number of carbonyl (C=O) groups is 1. The summed E-state index contributed by atoms with van der Waals surface area (Å²) in [4.78, 5) is 11.8. The molecule has 3 heteroatoms. The van der Waals surface area contributed by atoms with Crippen molar-refractivity contribution in [3.63, 3.8) is 0 Å². The molecule has 0 bridgehead atoms. The Bertz CT molecular complexity index is 514. The van der Waals surface area contributed by atoms with Gasteiger partial charge in [-0.2, -0.15) is 11.3 Å². The van der Waals surface area contributed by atoms with Crippen LogP contribution in [0.1, 0.15) is 15.9 Å². The lowest BCUT2D eigenvalue weighted by Crippen LogP contribution is -1.94. The van der Waals surface area contributed by atoms with Crippen molar-refractivity contribution in [3.8, 4) is 0 Å². The Morgan fingerprint density at radius 2 is 2.06 bits per heavy atom. The van der Waals surface area contributed by atoms with Crippen molar-refractivity contribution in [3.05, 3.63) is 62.8 Å². The predicted molar refractivity (Wildman–Crippen MR) is 71.8 cm³/mol. The highest BCUT2D eigenvalue weighted by Gasteiger charge is 2.04. The molecule has 1 aromatic heterocycles. The number of hydrogen-bond acceptors (Lipinski definition) is 2. The molecule has 1 heterocycles. The van der Waals surface area contributed by atoms with E-state index in [2.05, 4.69) is 15.9 Å². The van der Waals surface area contributed by atoms with E-state index in [9.17, 15) is 4.79 Å². The van der Waals surface area contributed by atoms with Crippen LogP contribution in [0, 0.1) is 0 Å². The summed E-state index contributed by atoms with van der Waals surface area (Å²) in [7, 11) is 0. The van der Waals surface area contributed by atoms with Crippen LogP contribution in [-0.4, -0.2) is 5.78 Å². The number of hydrogen-bond donors (Lipinski definition) is 0. The van der Waals surface area contributed by atoms with Gasteiger partial charge in [0.15, 0.2) is 5.78 Å². The molecule has 0 aliphatic rings. The first-order valence-electron chi connectivity index (χ1n) is 4.76. The second-order valence-corrected chi connectivity index (χ2v) is 4.87. The number of halogens is 1. The van der Waals surface area contributed by atoms with Crippen LogP contribution in [0.4, 0.5) is 0 Å². The second kappa shape index (κ2) is 5.23. The van der Waals surface area contributed by atoms with Gasteiger partial charge >= 0.3 is 0 Å². The van der Waals surface area contributed by atoms with Crippen LogP contribution >= 0.6 is 27.3 Å². The number of thiophene rings is 1. The number of benzene rings is 1. The molecule has 0 spiro atoms. The minimum Gasteiger partial charge on any atom is -0.289 e. The molecule has 16 heavy (non-hydrogen) atoms. The summed E-state index contributed by atoms with van der Waals surface area (Å²) in [6.45, 7) is 0. The molecular formula is C13H9BrOS. The highest BCUT2D eigenvalue weighted by atomic mass is 79.9. The van der Waals surface area contributed by atoms with Crippen molar-refractivity contribution in [1.29, 1.82) is 0 Å². The monoisotopic (exact) mass is 292 g/mol. The normalized spacial score (nSPS) is 10.8. The van der Waals surface area contributed by atoms with Gasteiger partial charge in [-0.15, -0.1) is 0 Å². The fraction of sp³-hybridized carbons (Fsp3) is 0. The molecular weight excluding hydrogens is 284 g/mol. The standard InChI is InChI=1S/C13H9BrOS/c14-12-4-2-1-3-11(12)13(15)6-5-10-7-8-16-9-10/h1-9H/b6-5+. The molecule has 0 aliphatic heterocycles. The second-order valence-electron chi connectivity index (χ2n) is 3.23. The maximum atomic E-state index is 11.8. The highest BCUT2D eigenvalue weighted by Crippen LogP contribution is 2.17. The van der Waals surface area contributed by atoms with Crippen molar-refractivity contribution in [2.45, 2.75) is 0 Å². The van der Waals surface area contributed by atoms with Crippen molar-refractivity contribution < 1.29 is 4.79 Å². The van der Waals surface area contributed by atoms with Gasteiger partial charge in [0, 0.05) is 10.0 Å². The third-order valence-electron chi connectivity index (χ3n) is 2.11. The summed E-state index contributed by atoms with van der Waals surface area (Å²) in [6, 6.07) is 9.41. The van der Waals surface area contributed by atoms with E-state index in [1.807, 2.05) is 47.2 Å². The third kappa shape index (κ3) is 2.68. The summed E-state index contributed by atoms with van der Waals surface area (Å²) < 4.78 is 0.829. The lowest BCUT2D eigenvalue weighted by atomic mass is 10.1. The van der Waals surface area contributed by atoms with E-state index in [4.69, 9.17) is 0 Å². The number of rotatable bonds is 3. The van der Waals surface area contributed by atoms with Gasteiger partial charge in [0.2, 0.25) is 0 Å². The van der Waals surface area contributed by atoms with E-state index < -0.39 is 0 Å². The minimum atomic E-state index is 0.0127. The van der Waals surface area contributed by atoms with Crippen molar-refractivity contribution in [2.24, 2.45) is 0 Å². The first-order chi connectivity index (χ1) is 7.77. The molecule has 0 radical (unpaired) electrons. The molecule has 0 N–H and O–H groups in total. The Labute approximate surface area is 107 Å².